The molecule has 25 heavy (non-hydrogen) atoms. The smallest absolute Gasteiger partial charge is 0.266 e. The average Bonchev–Trinajstić information content (AvgIpc) is 3.02. The quantitative estimate of drug-likeness (QED) is 0.810. The molecular formula is C19H23N3O2S. The predicted molar refractivity (Wildman–Crippen MR) is 98.5 cm³/mol. The van der Waals surface area contributed by atoms with E-state index in [2.05, 4.69) is 36.6 Å². The number of pyridine rings is 1. The molecule has 0 saturated heterocycles. The van der Waals surface area contributed by atoms with Crippen molar-refractivity contribution in [2.75, 3.05) is 0 Å². The van der Waals surface area contributed by atoms with E-state index in [1.165, 1.54) is 28.0 Å². The molecule has 5 nitrogen and oxygen atoms in total. The van der Waals surface area contributed by atoms with E-state index < -0.39 is 5.91 Å². The van der Waals surface area contributed by atoms with Gasteiger partial charge in [-0.25, -0.2) is 0 Å². The van der Waals surface area contributed by atoms with E-state index in [9.17, 15) is 9.59 Å². The van der Waals surface area contributed by atoms with Gasteiger partial charge in [-0.3, -0.25) is 25.4 Å². The Labute approximate surface area is 151 Å². The van der Waals surface area contributed by atoms with Crippen LogP contribution in [0.1, 0.15) is 57.8 Å². The molecule has 2 amide bonds. The lowest BCUT2D eigenvalue weighted by atomic mass is 9.72. The highest BCUT2D eigenvalue weighted by atomic mass is 32.1. The largest absolute Gasteiger partial charge is 0.288 e. The maximum atomic E-state index is 12.3. The van der Waals surface area contributed by atoms with Crippen molar-refractivity contribution < 1.29 is 9.59 Å². The lowest BCUT2D eigenvalue weighted by molar-refractivity contribution is 0.0846. The fourth-order valence-electron chi connectivity index (χ4n) is 3.11. The lowest BCUT2D eigenvalue weighted by Gasteiger charge is -2.33. The molecule has 0 aliphatic heterocycles. The SMILES string of the molecule is CC(C)(C)C1CCc2sc(C(=O)NNC(=O)c3ccccn3)cc2C1. The van der Waals surface area contributed by atoms with Crippen molar-refractivity contribution in [2.24, 2.45) is 11.3 Å². The fraction of sp³-hybridized carbons (Fsp3) is 0.421. The summed E-state index contributed by atoms with van der Waals surface area (Å²) in [5.41, 5.74) is 6.71. The second-order valence-corrected chi connectivity index (χ2v) is 8.62. The molecule has 1 atom stereocenters. The molecule has 6 heteroatoms. The molecule has 0 spiro atoms. The Morgan fingerprint density at radius 3 is 2.64 bits per heavy atom. The summed E-state index contributed by atoms with van der Waals surface area (Å²) >= 11 is 1.52. The number of carbonyl (C=O) groups excluding carboxylic acids is 2. The number of rotatable bonds is 2. The van der Waals surface area contributed by atoms with E-state index in [0.29, 0.717) is 10.8 Å². The third-order valence-corrected chi connectivity index (χ3v) is 5.95. The van der Waals surface area contributed by atoms with Crippen LogP contribution in [0.4, 0.5) is 0 Å². The summed E-state index contributed by atoms with van der Waals surface area (Å²) in [6, 6.07) is 7.03. The summed E-state index contributed by atoms with van der Waals surface area (Å²) in [5, 5.41) is 0. The number of hydrogen-bond acceptors (Lipinski definition) is 4. The third kappa shape index (κ3) is 4.07. The van der Waals surface area contributed by atoms with Gasteiger partial charge >= 0.3 is 0 Å². The highest BCUT2D eigenvalue weighted by Crippen LogP contribution is 2.40. The van der Waals surface area contributed by atoms with Gasteiger partial charge < -0.3 is 0 Å². The van der Waals surface area contributed by atoms with Gasteiger partial charge in [-0.2, -0.15) is 0 Å². The van der Waals surface area contributed by atoms with Crippen LogP contribution < -0.4 is 10.9 Å². The first kappa shape index (κ1) is 17.6. The minimum Gasteiger partial charge on any atom is -0.266 e. The number of amides is 2. The van der Waals surface area contributed by atoms with Gasteiger partial charge in [0, 0.05) is 11.1 Å². The molecule has 132 valence electrons. The molecule has 1 unspecified atom stereocenters. The molecule has 0 saturated carbocycles. The highest BCUT2D eigenvalue weighted by molar-refractivity contribution is 7.14. The topological polar surface area (TPSA) is 71.1 Å². The van der Waals surface area contributed by atoms with E-state index >= 15 is 0 Å². The molecule has 2 aromatic heterocycles. The molecule has 1 aliphatic rings. The Morgan fingerprint density at radius 1 is 1.20 bits per heavy atom. The first-order valence-electron chi connectivity index (χ1n) is 8.48. The van der Waals surface area contributed by atoms with Gasteiger partial charge in [0.15, 0.2) is 0 Å². The van der Waals surface area contributed by atoms with Crippen molar-refractivity contribution in [3.8, 4) is 0 Å². The van der Waals surface area contributed by atoms with Gasteiger partial charge in [-0.05, 0) is 54.4 Å². The number of hydrazine groups is 1. The zero-order chi connectivity index (χ0) is 18.0. The normalized spacial score (nSPS) is 16.8. The van der Waals surface area contributed by atoms with E-state index in [-0.39, 0.29) is 17.0 Å². The zero-order valence-electron chi connectivity index (χ0n) is 14.8. The van der Waals surface area contributed by atoms with Crippen molar-refractivity contribution in [3.63, 3.8) is 0 Å². The summed E-state index contributed by atoms with van der Waals surface area (Å²) in [7, 11) is 0. The molecule has 2 aromatic rings. The van der Waals surface area contributed by atoms with Gasteiger partial charge in [0.1, 0.15) is 5.69 Å². The Kier molecular flexibility index (Phi) is 4.90. The lowest BCUT2D eigenvalue weighted by Crippen LogP contribution is -2.41. The Bertz CT molecular complexity index is 778. The van der Waals surface area contributed by atoms with E-state index in [1.54, 1.807) is 18.2 Å². The van der Waals surface area contributed by atoms with Crippen molar-refractivity contribution >= 4 is 23.2 Å². The van der Waals surface area contributed by atoms with Crippen LogP contribution >= 0.6 is 11.3 Å². The van der Waals surface area contributed by atoms with Crippen LogP contribution in [-0.2, 0) is 12.8 Å². The molecule has 2 heterocycles. The highest BCUT2D eigenvalue weighted by Gasteiger charge is 2.30. The third-order valence-electron chi connectivity index (χ3n) is 4.72. The number of carbonyl (C=O) groups is 2. The summed E-state index contributed by atoms with van der Waals surface area (Å²) in [6.45, 7) is 6.82. The molecule has 1 aliphatic carbocycles. The van der Waals surface area contributed by atoms with Crippen molar-refractivity contribution in [1.82, 2.24) is 15.8 Å². The average molecular weight is 357 g/mol. The van der Waals surface area contributed by atoms with Gasteiger partial charge in [-0.1, -0.05) is 26.8 Å². The van der Waals surface area contributed by atoms with Gasteiger partial charge in [-0.15, -0.1) is 11.3 Å². The number of fused-ring (bicyclic) bond motifs is 1. The Morgan fingerprint density at radius 2 is 1.96 bits per heavy atom. The number of thiophene rings is 1. The van der Waals surface area contributed by atoms with Crippen molar-refractivity contribution in [3.05, 3.63) is 51.5 Å². The van der Waals surface area contributed by atoms with E-state index in [0.717, 1.165) is 19.3 Å². The van der Waals surface area contributed by atoms with Crippen LogP contribution in [0.3, 0.4) is 0 Å². The second-order valence-electron chi connectivity index (χ2n) is 7.49. The second kappa shape index (κ2) is 6.96. The number of aromatic nitrogens is 1. The van der Waals surface area contributed by atoms with Crippen LogP contribution in [0.25, 0.3) is 0 Å². The molecule has 0 bridgehead atoms. The molecular weight excluding hydrogens is 334 g/mol. The summed E-state index contributed by atoms with van der Waals surface area (Å²) in [6.07, 6.45) is 4.74. The minimum absolute atomic E-state index is 0.265. The minimum atomic E-state index is -0.428. The summed E-state index contributed by atoms with van der Waals surface area (Å²) in [5.74, 6) is -0.0755. The molecule has 0 aromatic carbocycles. The Hall–Kier alpha value is -2.21. The van der Waals surface area contributed by atoms with E-state index in [4.69, 9.17) is 0 Å². The van der Waals surface area contributed by atoms with Crippen LogP contribution in [0, 0.1) is 11.3 Å². The zero-order valence-corrected chi connectivity index (χ0v) is 15.6. The van der Waals surface area contributed by atoms with Crippen LogP contribution in [-0.4, -0.2) is 16.8 Å². The maximum Gasteiger partial charge on any atom is 0.288 e. The van der Waals surface area contributed by atoms with Gasteiger partial charge in [0.05, 0.1) is 4.88 Å². The van der Waals surface area contributed by atoms with Crippen molar-refractivity contribution in [2.45, 2.75) is 40.0 Å². The maximum absolute atomic E-state index is 12.3. The molecule has 0 radical (unpaired) electrons. The van der Waals surface area contributed by atoms with Gasteiger partial charge in [0.2, 0.25) is 0 Å². The standard InChI is InChI=1S/C19H23N3O2S/c1-19(2,3)13-7-8-15-12(10-13)11-16(25-15)18(24)22-21-17(23)14-6-4-5-9-20-14/h4-6,9,11,13H,7-8,10H2,1-3H3,(H,21,23)(H,22,24). The number of nitrogens with zero attached hydrogens (tertiary/aromatic N) is 1. The predicted octanol–water partition coefficient (Wildman–Crippen LogP) is 3.37. The number of aryl methyl sites for hydroxylation is 1. The molecule has 2 N–H and O–H groups in total. The first-order valence-corrected chi connectivity index (χ1v) is 9.29. The summed E-state index contributed by atoms with van der Waals surface area (Å²) in [4.78, 5) is 30.2. The Balaban J connectivity index is 1.63. The first-order chi connectivity index (χ1) is 11.8. The van der Waals surface area contributed by atoms with Crippen LogP contribution in [0.2, 0.25) is 0 Å². The number of hydrogen-bond donors (Lipinski definition) is 2. The summed E-state index contributed by atoms with van der Waals surface area (Å²) < 4.78 is 0. The van der Waals surface area contributed by atoms with Gasteiger partial charge in [0.25, 0.3) is 11.8 Å². The molecule has 0 fully saturated rings. The molecule has 3 rings (SSSR count). The monoisotopic (exact) mass is 357 g/mol. The van der Waals surface area contributed by atoms with Crippen molar-refractivity contribution in [1.29, 1.82) is 0 Å². The van der Waals surface area contributed by atoms with Crippen LogP contribution in [0.15, 0.2) is 30.5 Å². The van der Waals surface area contributed by atoms with Crippen LogP contribution in [0.5, 0.6) is 0 Å². The number of nitrogens with one attached hydrogen (secondary N) is 2. The fourth-order valence-corrected chi connectivity index (χ4v) is 4.21. The van der Waals surface area contributed by atoms with E-state index in [1.807, 2.05) is 6.07 Å².